The van der Waals surface area contributed by atoms with E-state index in [1.54, 1.807) is 11.0 Å². The second-order valence-corrected chi connectivity index (χ2v) is 7.90. The van der Waals surface area contributed by atoms with Gasteiger partial charge in [-0.15, -0.1) is 16.8 Å². The molecule has 0 saturated carbocycles. The molecule has 1 aromatic heterocycles. The summed E-state index contributed by atoms with van der Waals surface area (Å²) in [5.74, 6) is 0.125. The van der Waals surface area contributed by atoms with E-state index < -0.39 is 0 Å². The number of benzene rings is 1. The number of carbonyl (C=O) groups excluding carboxylic acids is 2. The Bertz CT molecular complexity index is 805. The molecule has 0 bridgehead atoms. The van der Waals surface area contributed by atoms with Crippen molar-refractivity contribution >= 4 is 45.7 Å². The third kappa shape index (κ3) is 4.08. The van der Waals surface area contributed by atoms with E-state index in [2.05, 4.69) is 22.1 Å². The Morgan fingerprint density at radius 3 is 3.04 bits per heavy atom. The van der Waals surface area contributed by atoms with E-state index in [4.69, 9.17) is 0 Å². The van der Waals surface area contributed by atoms with Crippen LogP contribution in [0.15, 0.2) is 41.3 Å². The van der Waals surface area contributed by atoms with Crippen LogP contribution in [0.1, 0.15) is 12.0 Å². The maximum atomic E-state index is 12.5. The van der Waals surface area contributed by atoms with Crippen LogP contribution < -0.4 is 10.2 Å². The summed E-state index contributed by atoms with van der Waals surface area (Å²) < 4.78 is 0.777. The van der Waals surface area contributed by atoms with E-state index in [0.29, 0.717) is 11.7 Å². The van der Waals surface area contributed by atoms with Crippen molar-refractivity contribution in [2.45, 2.75) is 17.7 Å². The molecule has 0 unspecified atom stereocenters. The predicted molar refractivity (Wildman–Crippen MR) is 101 cm³/mol. The summed E-state index contributed by atoms with van der Waals surface area (Å²) >= 11 is 2.84. The number of anilines is 2. The van der Waals surface area contributed by atoms with Crippen molar-refractivity contribution in [3.63, 3.8) is 0 Å². The molecule has 2 aromatic rings. The molecule has 2 heterocycles. The van der Waals surface area contributed by atoms with Crippen LogP contribution in [0, 0.1) is 12.8 Å². The SMILES string of the molecule is C=CCSc1nnc(NC(=O)[C@H]2CC(=O)N(c3ccccc3C)C2)s1. The van der Waals surface area contributed by atoms with Crippen LogP contribution in [0.4, 0.5) is 10.8 Å². The van der Waals surface area contributed by atoms with Gasteiger partial charge in [0, 0.05) is 24.4 Å². The topological polar surface area (TPSA) is 75.2 Å². The molecule has 0 spiro atoms. The maximum Gasteiger partial charge on any atom is 0.231 e. The van der Waals surface area contributed by atoms with Crippen molar-refractivity contribution in [1.82, 2.24) is 10.2 Å². The van der Waals surface area contributed by atoms with Gasteiger partial charge in [-0.1, -0.05) is 47.4 Å². The van der Waals surface area contributed by atoms with Gasteiger partial charge in [0.2, 0.25) is 16.9 Å². The number of thioether (sulfide) groups is 1. The van der Waals surface area contributed by atoms with Crippen molar-refractivity contribution in [3.8, 4) is 0 Å². The van der Waals surface area contributed by atoms with Gasteiger partial charge in [0.25, 0.3) is 0 Å². The minimum atomic E-state index is -0.389. The Hall–Kier alpha value is -2.19. The molecule has 1 N–H and O–H groups in total. The second kappa shape index (κ2) is 7.79. The van der Waals surface area contributed by atoms with Crippen molar-refractivity contribution in [2.24, 2.45) is 5.92 Å². The average Bonchev–Trinajstić information content (AvgIpc) is 3.20. The molecule has 0 aliphatic carbocycles. The summed E-state index contributed by atoms with van der Waals surface area (Å²) in [5.41, 5.74) is 1.88. The van der Waals surface area contributed by atoms with Crippen molar-refractivity contribution in [2.75, 3.05) is 22.5 Å². The van der Waals surface area contributed by atoms with Gasteiger partial charge in [0.05, 0.1) is 5.92 Å². The van der Waals surface area contributed by atoms with Crippen molar-refractivity contribution < 1.29 is 9.59 Å². The number of nitrogens with one attached hydrogen (secondary N) is 1. The predicted octanol–water partition coefficient (Wildman–Crippen LogP) is 3.12. The largest absolute Gasteiger partial charge is 0.311 e. The highest BCUT2D eigenvalue weighted by Crippen LogP contribution is 2.29. The molecule has 130 valence electrons. The fraction of sp³-hybridized carbons (Fsp3) is 0.294. The number of nitrogens with zero attached hydrogens (tertiary/aromatic N) is 3. The zero-order chi connectivity index (χ0) is 17.8. The molecule has 2 amide bonds. The highest BCUT2D eigenvalue weighted by Gasteiger charge is 2.35. The standard InChI is InChI=1S/C17H18N4O2S2/c1-3-8-24-17-20-19-16(25-17)18-15(23)12-9-14(22)21(10-12)13-7-5-4-6-11(13)2/h3-7,12H,1,8-10H2,2H3,(H,18,19,23)/t12-/m0/s1. The number of para-hydroxylation sites is 1. The van der Waals surface area contributed by atoms with Crippen LogP contribution in [0.2, 0.25) is 0 Å². The molecule has 0 radical (unpaired) electrons. The van der Waals surface area contributed by atoms with Gasteiger partial charge >= 0.3 is 0 Å². The van der Waals surface area contributed by atoms with Crippen LogP contribution >= 0.6 is 23.1 Å². The fourth-order valence-electron chi connectivity index (χ4n) is 2.64. The van der Waals surface area contributed by atoms with Gasteiger partial charge in [0.15, 0.2) is 4.34 Å². The van der Waals surface area contributed by atoms with Crippen molar-refractivity contribution in [1.29, 1.82) is 0 Å². The summed E-state index contributed by atoms with van der Waals surface area (Å²) in [6, 6.07) is 7.69. The summed E-state index contributed by atoms with van der Waals surface area (Å²) in [4.78, 5) is 26.5. The molecule has 1 fully saturated rings. The maximum absolute atomic E-state index is 12.5. The monoisotopic (exact) mass is 374 g/mol. The number of hydrogen-bond donors (Lipinski definition) is 1. The minimum Gasteiger partial charge on any atom is -0.311 e. The lowest BCUT2D eigenvalue weighted by Crippen LogP contribution is -2.28. The smallest absolute Gasteiger partial charge is 0.231 e. The van der Waals surface area contributed by atoms with E-state index in [0.717, 1.165) is 21.3 Å². The molecule has 1 atom stereocenters. The normalized spacial score (nSPS) is 16.9. The molecule has 1 saturated heterocycles. The number of carbonyl (C=O) groups is 2. The summed E-state index contributed by atoms with van der Waals surface area (Å²) in [6.45, 7) is 6.00. The first-order valence-corrected chi connectivity index (χ1v) is 9.62. The van der Waals surface area contributed by atoms with E-state index in [-0.39, 0.29) is 24.2 Å². The molecule has 1 aliphatic rings. The van der Waals surface area contributed by atoms with Gasteiger partial charge < -0.3 is 10.2 Å². The van der Waals surface area contributed by atoms with Gasteiger partial charge in [-0.25, -0.2) is 0 Å². The van der Waals surface area contributed by atoms with Crippen LogP contribution in [0.3, 0.4) is 0 Å². The number of amides is 2. The third-order valence-corrected chi connectivity index (χ3v) is 5.83. The summed E-state index contributed by atoms with van der Waals surface area (Å²) in [5, 5.41) is 11.2. The molecule has 1 aliphatic heterocycles. The first-order valence-electron chi connectivity index (χ1n) is 7.82. The zero-order valence-electron chi connectivity index (χ0n) is 13.8. The van der Waals surface area contributed by atoms with Crippen LogP contribution in [-0.4, -0.2) is 34.3 Å². The van der Waals surface area contributed by atoms with Crippen LogP contribution in [0.25, 0.3) is 0 Å². The first-order chi connectivity index (χ1) is 12.1. The lowest BCUT2D eigenvalue weighted by atomic mass is 10.1. The fourth-order valence-corrected chi connectivity index (χ4v) is 4.15. The summed E-state index contributed by atoms with van der Waals surface area (Å²) in [7, 11) is 0. The number of hydrogen-bond acceptors (Lipinski definition) is 6. The summed E-state index contributed by atoms with van der Waals surface area (Å²) in [6.07, 6.45) is 1.99. The molecule has 1 aromatic carbocycles. The van der Waals surface area contributed by atoms with Gasteiger partial charge in [-0.05, 0) is 18.6 Å². The quantitative estimate of drug-likeness (QED) is 0.478. The highest BCUT2D eigenvalue weighted by molar-refractivity contribution is 8.01. The lowest BCUT2D eigenvalue weighted by Gasteiger charge is -2.18. The average molecular weight is 374 g/mol. The number of rotatable bonds is 6. The van der Waals surface area contributed by atoms with Gasteiger partial charge in [0.1, 0.15) is 0 Å². The van der Waals surface area contributed by atoms with Gasteiger partial charge in [-0.2, -0.15) is 0 Å². The van der Waals surface area contributed by atoms with E-state index in [1.807, 2.05) is 31.2 Å². The van der Waals surface area contributed by atoms with E-state index >= 15 is 0 Å². The van der Waals surface area contributed by atoms with Crippen LogP contribution in [-0.2, 0) is 9.59 Å². The Labute approximate surface area is 154 Å². The third-order valence-electron chi connectivity index (χ3n) is 3.86. The molecule has 6 nitrogen and oxygen atoms in total. The molecule has 8 heteroatoms. The first kappa shape index (κ1) is 17.6. The highest BCUT2D eigenvalue weighted by atomic mass is 32.2. The van der Waals surface area contributed by atoms with Gasteiger partial charge in [-0.3, -0.25) is 9.59 Å². The molecule has 3 rings (SSSR count). The van der Waals surface area contributed by atoms with E-state index in [1.165, 1.54) is 23.1 Å². The second-order valence-electron chi connectivity index (χ2n) is 5.65. The van der Waals surface area contributed by atoms with Crippen LogP contribution in [0.5, 0.6) is 0 Å². The van der Waals surface area contributed by atoms with E-state index in [9.17, 15) is 9.59 Å². The number of aromatic nitrogens is 2. The number of aryl methyl sites for hydroxylation is 1. The Morgan fingerprint density at radius 2 is 2.28 bits per heavy atom. The zero-order valence-corrected chi connectivity index (χ0v) is 15.4. The Kier molecular flexibility index (Phi) is 5.50. The molecular weight excluding hydrogens is 356 g/mol. The minimum absolute atomic E-state index is 0.0334. The Balaban J connectivity index is 1.64. The molecule has 25 heavy (non-hydrogen) atoms. The molecular formula is C17H18N4O2S2. The lowest BCUT2D eigenvalue weighted by molar-refractivity contribution is -0.122. The Morgan fingerprint density at radius 1 is 1.48 bits per heavy atom. The van der Waals surface area contributed by atoms with Crippen molar-refractivity contribution in [3.05, 3.63) is 42.5 Å².